The number of rotatable bonds is 5. The van der Waals surface area contributed by atoms with Gasteiger partial charge in [-0.2, -0.15) is 0 Å². The zero-order valence-corrected chi connectivity index (χ0v) is 18.0. The molecule has 1 saturated heterocycles. The van der Waals surface area contributed by atoms with E-state index in [0.29, 0.717) is 37.0 Å². The van der Waals surface area contributed by atoms with Crippen molar-refractivity contribution in [1.82, 2.24) is 0 Å². The van der Waals surface area contributed by atoms with Crippen molar-refractivity contribution in [2.75, 3.05) is 18.1 Å². The van der Waals surface area contributed by atoms with Crippen LogP contribution in [0.2, 0.25) is 12.6 Å². The van der Waals surface area contributed by atoms with E-state index in [0.717, 1.165) is 0 Å². The SMILES string of the molecule is CC.N#CB1CCN(c2cc3c(cc2[N+](=O)[O-])C(=O)OC3)C(COSI)C1. The Morgan fingerprint density at radius 2 is 2.30 bits per heavy atom. The largest absolute Gasteiger partial charge is 0.457 e. The topological polar surface area (TPSA) is 106 Å². The Labute approximate surface area is 174 Å². The molecule has 0 bridgehead atoms. The summed E-state index contributed by atoms with van der Waals surface area (Å²) in [4.78, 5) is 24.7. The van der Waals surface area contributed by atoms with Crippen molar-refractivity contribution in [2.24, 2.45) is 0 Å². The third-order valence-electron chi connectivity index (χ3n) is 4.49. The summed E-state index contributed by atoms with van der Waals surface area (Å²) in [5.74, 6) is 1.74. The number of nitriles is 1. The number of nitro groups is 1. The van der Waals surface area contributed by atoms with Gasteiger partial charge in [-0.05, 0) is 18.7 Å². The van der Waals surface area contributed by atoms with Crippen LogP contribution in [0.5, 0.6) is 0 Å². The predicted molar refractivity (Wildman–Crippen MR) is 113 cm³/mol. The summed E-state index contributed by atoms with van der Waals surface area (Å²) >= 11 is 2.01. The Kier molecular flexibility index (Phi) is 8.18. The van der Waals surface area contributed by atoms with Crippen molar-refractivity contribution in [2.45, 2.75) is 39.1 Å². The van der Waals surface area contributed by atoms with Crippen LogP contribution in [0.3, 0.4) is 0 Å². The third kappa shape index (κ3) is 4.86. The zero-order valence-electron chi connectivity index (χ0n) is 15.0. The molecule has 0 aromatic heterocycles. The molecule has 1 fully saturated rings. The highest BCUT2D eigenvalue weighted by Gasteiger charge is 2.36. The fraction of sp³-hybridized carbons (Fsp3) is 0.500. The molecule has 2 aliphatic rings. The molecule has 1 unspecified atom stereocenters. The van der Waals surface area contributed by atoms with Crippen LogP contribution in [0.1, 0.15) is 29.8 Å². The zero-order chi connectivity index (χ0) is 20.0. The Morgan fingerprint density at radius 3 is 2.93 bits per heavy atom. The molecular weight excluding hydrogens is 484 g/mol. The summed E-state index contributed by atoms with van der Waals surface area (Å²) in [7, 11) is 1.19. The number of anilines is 1. The van der Waals surface area contributed by atoms with Gasteiger partial charge in [0, 0.05) is 51.4 Å². The molecule has 2 heterocycles. The molecule has 1 aromatic rings. The van der Waals surface area contributed by atoms with Gasteiger partial charge in [0.1, 0.15) is 12.3 Å². The maximum atomic E-state index is 11.7. The number of nitrogens with zero attached hydrogens (tertiary/aromatic N) is 3. The van der Waals surface area contributed by atoms with E-state index in [4.69, 9.17) is 8.92 Å². The fourth-order valence-electron chi connectivity index (χ4n) is 3.27. The number of carbonyl (C=O) groups excluding carboxylic acids is 1. The van der Waals surface area contributed by atoms with E-state index in [2.05, 4.69) is 5.97 Å². The van der Waals surface area contributed by atoms with Gasteiger partial charge in [-0.1, -0.05) is 13.8 Å². The molecule has 0 spiro atoms. The minimum atomic E-state index is -0.533. The summed E-state index contributed by atoms with van der Waals surface area (Å²) in [6.07, 6.45) is 1.21. The number of halogens is 1. The van der Waals surface area contributed by atoms with E-state index in [1.54, 1.807) is 6.07 Å². The monoisotopic (exact) mass is 503 g/mol. The van der Waals surface area contributed by atoms with Crippen molar-refractivity contribution >= 4 is 54.5 Å². The van der Waals surface area contributed by atoms with Crippen LogP contribution in [0, 0.1) is 21.3 Å². The van der Waals surface area contributed by atoms with Crippen LogP contribution in [0.25, 0.3) is 0 Å². The number of nitro benzene ring substituents is 1. The van der Waals surface area contributed by atoms with Crippen molar-refractivity contribution in [3.05, 3.63) is 33.4 Å². The minimum Gasteiger partial charge on any atom is -0.457 e. The Bertz CT molecular complexity index is 760. The number of ether oxygens (including phenoxy) is 1. The lowest BCUT2D eigenvalue weighted by molar-refractivity contribution is -0.384. The fourth-order valence-corrected chi connectivity index (χ4v) is 3.92. The van der Waals surface area contributed by atoms with Gasteiger partial charge in [0.15, 0.2) is 0 Å². The second-order valence-electron chi connectivity index (χ2n) is 5.88. The second kappa shape index (κ2) is 10.1. The first-order valence-corrected chi connectivity index (χ1v) is 11.9. The van der Waals surface area contributed by atoms with Crippen molar-refractivity contribution < 1.29 is 18.6 Å². The van der Waals surface area contributed by atoms with Gasteiger partial charge in [0.05, 0.1) is 26.3 Å². The Morgan fingerprint density at radius 1 is 1.56 bits per heavy atom. The van der Waals surface area contributed by atoms with E-state index < -0.39 is 10.9 Å². The van der Waals surface area contributed by atoms with Gasteiger partial charge in [-0.15, -0.1) is 0 Å². The van der Waals surface area contributed by atoms with Crippen molar-refractivity contribution in [3.63, 3.8) is 0 Å². The highest BCUT2D eigenvalue weighted by molar-refractivity contribution is 14.2. The van der Waals surface area contributed by atoms with Crippen LogP contribution < -0.4 is 4.90 Å². The molecule has 1 aromatic carbocycles. The first-order chi connectivity index (χ1) is 13.0. The Hall–Kier alpha value is -1.52. The van der Waals surface area contributed by atoms with Gasteiger partial charge in [-0.25, -0.2) is 10.1 Å². The number of carbonyl (C=O) groups is 1. The second-order valence-corrected chi connectivity index (χ2v) is 7.32. The van der Waals surface area contributed by atoms with E-state index in [1.807, 2.05) is 40.0 Å². The third-order valence-corrected chi connectivity index (χ3v) is 5.48. The lowest BCUT2D eigenvalue weighted by Crippen LogP contribution is -2.47. The van der Waals surface area contributed by atoms with Crippen molar-refractivity contribution in [3.8, 4) is 5.97 Å². The number of esters is 1. The van der Waals surface area contributed by atoms with Gasteiger partial charge in [0.2, 0.25) is 0 Å². The number of hydrogen-bond acceptors (Lipinski definition) is 8. The maximum absolute atomic E-state index is 11.7. The standard InChI is InChI=1S/C14H13BIN3O5S.C2H6/c16-25-24-7-10-5-15(8-17)1-2-18(10)12-3-9-6-23-14(20)11(9)4-13(12)19(21)22;1-2/h3-4,10H,1-2,5-7H2;1-2H3. The summed E-state index contributed by atoms with van der Waals surface area (Å²) in [5, 5.41) is 20.8. The molecule has 0 aliphatic carbocycles. The lowest BCUT2D eigenvalue weighted by atomic mass is 9.43. The van der Waals surface area contributed by atoms with Crippen LogP contribution in [-0.4, -0.2) is 36.8 Å². The number of benzene rings is 1. The summed E-state index contributed by atoms with van der Waals surface area (Å²) in [6.45, 7) is 4.91. The number of hydrogen-bond donors (Lipinski definition) is 0. The van der Waals surface area contributed by atoms with Crippen LogP contribution >= 0.6 is 30.4 Å². The average molecular weight is 503 g/mol. The van der Waals surface area contributed by atoms with E-state index in [1.165, 1.54) is 15.3 Å². The van der Waals surface area contributed by atoms with E-state index in [-0.39, 0.29) is 30.6 Å². The molecule has 0 radical (unpaired) electrons. The maximum Gasteiger partial charge on any atom is 0.339 e. The normalized spacial score (nSPS) is 18.1. The van der Waals surface area contributed by atoms with E-state index in [9.17, 15) is 20.2 Å². The molecule has 8 nitrogen and oxygen atoms in total. The quantitative estimate of drug-likeness (QED) is 0.148. The smallest absolute Gasteiger partial charge is 0.339 e. The molecule has 1 atom stereocenters. The van der Waals surface area contributed by atoms with Crippen LogP contribution in [0.4, 0.5) is 11.4 Å². The van der Waals surface area contributed by atoms with Gasteiger partial charge in [-0.3, -0.25) is 10.1 Å². The molecule has 0 N–H and O–H groups in total. The van der Waals surface area contributed by atoms with Gasteiger partial charge in [0.25, 0.3) is 12.4 Å². The summed E-state index contributed by atoms with van der Waals surface area (Å²) in [6, 6.07) is 2.81. The number of cyclic esters (lactones) is 1. The van der Waals surface area contributed by atoms with Crippen molar-refractivity contribution in [1.29, 1.82) is 5.26 Å². The van der Waals surface area contributed by atoms with Crippen LogP contribution in [-0.2, 0) is 15.5 Å². The molecule has 144 valence electrons. The highest BCUT2D eigenvalue weighted by atomic mass is 127. The summed E-state index contributed by atoms with van der Waals surface area (Å²) < 4.78 is 10.4. The average Bonchev–Trinajstić information content (AvgIpc) is 3.06. The molecule has 0 saturated carbocycles. The molecule has 0 amide bonds. The number of fused-ring (bicyclic) bond motifs is 1. The summed E-state index contributed by atoms with van der Waals surface area (Å²) in [5.41, 5.74) is 1.22. The highest BCUT2D eigenvalue weighted by Crippen LogP contribution is 2.38. The Balaban J connectivity index is 0.00000126. The molecule has 2 aliphatic heterocycles. The molecular formula is C16H19BIN3O5S. The minimum absolute atomic E-state index is 0.0949. The van der Waals surface area contributed by atoms with Gasteiger partial charge >= 0.3 is 5.97 Å². The van der Waals surface area contributed by atoms with Crippen LogP contribution in [0.15, 0.2) is 12.1 Å². The molecule has 3 rings (SSSR count). The van der Waals surface area contributed by atoms with E-state index >= 15 is 0 Å². The first kappa shape index (κ1) is 21.8. The predicted octanol–water partition coefficient (Wildman–Crippen LogP) is 4.05. The molecule has 27 heavy (non-hydrogen) atoms. The lowest BCUT2D eigenvalue weighted by Gasteiger charge is -2.37. The molecule has 11 heteroatoms. The van der Waals surface area contributed by atoms with Gasteiger partial charge < -0.3 is 13.8 Å². The first-order valence-electron chi connectivity index (χ1n) is 8.60.